The summed E-state index contributed by atoms with van der Waals surface area (Å²) in [5.74, 6) is 0.162. The minimum Gasteiger partial charge on any atom is -0.490 e. The van der Waals surface area contributed by atoms with Gasteiger partial charge in [0.05, 0.1) is 17.9 Å². The number of amides is 2. The molecule has 0 unspecified atom stereocenters. The van der Waals surface area contributed by atoms with Gasteiger partial charge < -0.3 is 10.1 Å². The van der Waals surface area contributed by atoms with Gasteiger partial charge in [-0.25, -0.2) is 9.18 Å². The number of rotatable bonds is 1. The second kappa shape index (κ2) is 5.73. The molecular weight excluding hydrogens is 339 g/mol. The molecule has 0 aromatic heterocycles. The lowest BCUT2D eigenvalue weighted by atomic mass is 10.2. The highest BCUT2D eigenvalue weighted by molar-refractivity contribution is 9.10. The van der Waals surface area contributed by atoms with Crippen LogP contribution in [-0.2, 0) is 0 Å². The van der Waals surface area contributed by atoms with E-state index in [1.165, 1.54) is 12.1 Å². The van der Waals surface area contributed by atoms with Gasteiger partial charge in [-0.15, -0.1) is 0 Å². The summed E-state index contributed by atoms with van der Waals surface area (Å²) in [5, 5.41) is 2.58. The quantitative estimate of drug-likeness (QED) is 0.843. The van der Waals surface area contributed by atoms with E-state index in [4.69, 9.17) is 4.74 Å². The molecular formula is C15H12BrFN2O2. The van der Waals surface area contributed by atoms with Gasteiger partial charge in [-0.1, -0.05) is 28.1 Å². The first kappa shape index (κ1) is 13.9. The monoisotopic (exact) mass is 350 g/mol. The van der Waals surface area contributed by atoms with E-state index in [1.807, 2.05) is 12.1 Å². The van der Waals surface area contributed by atoms with Gasteiger partial charge in [0.2, 0.25) is 0 Å². The van der Waals surface area contributed by atoms with Gasteiger partial charge in [0.25, 0.3) is 0 Å². The van der Waals surface area contributed by atoms with Gasteiger partial charge in [-0.2, -0.15) is 0 Å². The summed E-state index contributed by atoms with van der Waals surface area (Å²) in [6.07, 6.45) is 0. The number of carbonyl (C=O) groups is 1. The Balaban J connectivity index is 1.83. The molecule has 1 N–H and O–H groups in total. The van der Waals surface area contributed by atoms with Crippen molar-refractivity contribution in [3.8, 4) is 5.75 Å². The molecule has 0 aliphatic carbocycles. The maximum atomic E-state index is 13.8. The summed E-state index contributed by atoms with van der Waals surface area (Å²) in [6.45, 7) is 0.828. The van der Waals surface area contributed by atoms with Crippen LogP contribution in [0.15, 0.2) is 46.9 Å². The predicted octanol–water partition coefficient (Wildman–Crippen LogP) is 4.02. The van der Waals surface area contributed by atoms with Crippen molar-refractivity contribution in [1.29, 1.82) is 0 Å². The normalized spacial score (nSPS) is 13.3. The van der Waals surface area contributed by atoms with Crippen molar-refractivity contribution in [3.05, 3.63) is 52.8 Å². The fraction of sp³-hybridized carbons (Fsp3) is 0.133. The summed E-state index contributed by atoms with van der Waals surface area (Å²) in [7, 11) is 0. The number of halogens is 2. The number of carbonyl (C=O) groups excluding carboxylic acids is 1. The number of ether oxygens (including phenoxy) is 1. The van der Waals surface area contributed by atoms with Gasteiger partial charge in [-0.3, -0.25) is 4.90 Å². The van der Waals surface area contributed by atoms with Crippen LogP contribution in [0.5, 0.6) is 5.75 Å². The fourth-order valence-corrected chi connectivity index (χ4v) is 2.49. The minimum absolute atomic E-state index is 0.146. The summed E-state index contributed by atoms with van der Waals surface area (Å²) >= 11 is 3.18. The van der Waals surface area contributed by atoms with Crippen molar-refractivity contribution in [2.45, 2.75) is 0 Å². The molecule has 3 rings (SSSR count). The van der Waals surface area contributed by atoms with E-state index in [1.54, 1.807) is 23.1 Å². The van der Waals surface area contributed by atoms with Gasteiger partial charge in [0.1, 0.15) is 18.2 Å². The highest BCUT2D eigenvalue weighted by Gasteiger charge is 2.23. The first-order chi connectivity index (χ1) is 10.1. The van der Waals surface area contributed by atoms with Crippen LogP contribution in [0.1, 0.15) is 0 Å². The third-order valence-corrected chi connectivity index (χ3v) is 3.64. The van der Waals surface area contributed by atoms with E-state index in [9.17, 15) is 9.18 Å². The Hall–Kier alpha value is -2.08. The van der Waals surface area contributed by atoms with E-state index in [-0.39, 0.29) is 11.7 Å². The van der Waals surface area contributed by atoms with Crippen LogP contribution in [-0.4, -0.2) is 19.2 Å². The van der Waals surface area contributed by atoms with Crippen LogP contribution in [0, 0.1) is 5.82 Å². The summed E-state index contributed by atoms with van der Waals surface area (Å²) in [4.78, 5) is 13.9. The molecule has 0 saturated carbocycles. The smallest absolute Gasteiger partial charge is 0.326 e. The molecule has 0 spiro atoms. The van der Waals surface area contributed by atoms with Gasteiger partial charge in [-0.05, 0) is 30.3 Å². The Morgan fingerprint density at radius 2 is 2.10 bits per heavy atom. The standard InChI is InChI=1S/C15H12BrFN2O2/c16-10-5-6-12(11(17)9-10)18-15(20)19-7-8-21-14-4-2-1-3-13(14)19/h1-6,9H,7-8H2,(H,18,20). The van der Waals surface area contributed by atoms with E-state index < -0.39 is 5.82 Å². The molecule has 1 aliphatic rings. The van der Waals surface area contributed by atoms with Crippen molar-refractivity contribution in [1.82, 2.24) is 0 Å². The summed E-state index contributed by atoms with van der Waals surface area (Å²) < 4.78 is 19.9. The molecule has 0 atom stereocenters. The van der Waals surface area contributed by atoms with E-state index >= 15 is 0 Å². The zero-order valence-electron chi connectivity index (χ0n) is 11.0. The van der Waals surface area contributed by atoms with Crippen molar-refractivity contribution in [2.75, 3.05) is 23.4 Å². The van der Waals surface area contributed by atoms with Gasteiger partial charge in [0.15, 0.2) is 0 Å². The number of urea groups is 1. The van der Waals surface area contributed by atoms with Crippen LogP contribution in [0.3, 0.4) is 0 Å². The number of nitrogens with one attached hydrogen (secondary N) is 1. The molecule has 0 saturated heterocycles. The van der Waals surface area contributed by atoms with Crippen molar-refractivity contribution in [2.24, 2.45) is 0 Å². The topological polar surface area (TPSA) is 41.6 Å². The Morgan fingerprint density at radius 1 is 1.29 bits per heavy atom. The Labute approximate surface area is 129 Å². The van der Waals surface area contributed by atoms with Gasteiger partial charge >= 0.3 is 6.03 Å². The summed E-state index contributed by atoms with van der Waals surface area (Å²) in [6, 6.07) is 11.4. The molecule has 1 heterocycles. The molecule has 2 amide bonds. The molecule has 0 fully saturated rings. The zero-order chi connectivity index (χ0) is 14.8. The molecule has 6 heteroatoms. The third-order valence-electron chi connectivity index (χ3n) is 3.15. The van der Waals surface area contributed by atoms with Crippen molar-refractivity contribution >= 4 is 33.3 Å². The average molecular weight is 351 g/mol. The Morgan fingerprint density at radius 3 is 2.90 bits per heavy atom. The molecule has 0 bridgehead atoms. The second-order valence-corrected chi connectivity index (χ2v) is 5.44. The maximum Gasteiger partial charge on any atom is 0.326 e. The average Bonchev–Trinajstić information content (AvgIpc) is 2.49. The van der Waals surface area contributed by atoms with Crippen LogP contribution in [0.2, 0.25) is 0 Å². The highest BCUT2D eigenvalue weighted by atomic mass is 79.9. The largest absolute Gasteiger partial charge is 0.490 e. The number of para-hydroxylation sites is 2. The second-order valence-electron chi connectivity index (χ2n) is 4.52. The number of anilines is 2. The molecule has 4 nitrogen and oxygen atoms in total. The number of fused-ring (bicyclic) bond motifs is 1. The molecule has 2 aromatic carbocycles. The zero-order valence-corrected chi connectivity index (χ0v) is 12.6. The van der Waals surface area contributed by atoms with Crippen LogP contribution in [0.25, 0.3) is 0 Å². The highest BCUT2D eigenvalue weighted by Crippen LogP contribution is 2.31. The Bertz CT molecular complexity index is 693. The third kappa shape index (κ3) is 2.85. The molecule has 21 heavy (non-hydrogen) atoms. The lowest BCUT2D eigenvalue weighted by Gasteiger charge is -2.29. The summed E-state index contributed by atoms with van der Waals surface area (Å²) in [5.41, 5.74) is 0.825. The number of nitrogens with zero attached hydrogens (tertiary/aromatic N) is 1. The lowest BCUT2D eigenvalue weighted by molar-refractivity contribution is 0.250. The molecule has 2 aromatic rings. The SMILES string of the molecule is O=C(Nc1ccc(Br)cc1F)N1CCOc2ccccc21. The van der Waals surface area contributed by atoms with E-state index in [2.05, 4.69) is 21.2 Å². The van der Waals surface area contributed by atoms with Crippen molar-refractivity contribution < 1.29 is 13.9 Å². The number of hydrogen-bond donors (Lipinski definition) is 1. The van der Waals surface area contributed by atoms with Crippen LogP contribution in [0.4, 0.5) is 20.6 Å². The lowest BCUT2D eigenvalue weighted by Crippen LogP contribution is -2.40. The Kier molecular flexibility index (Phi) is 3.79. The van der Waals surface area contributed by atoms with E-state index in [0.29, 0.717) is 29.1 Å². The van der Waals surface area contributed by atoms with Gasteiger partial charge in [0, 0.05) is 4.47 Å². The number of hydrogen-bond acceptors (Lipinski definition) is 2. The van der Waals surface area contributed by atoms with E-state index in [0.717, 1.165) is 0 Å². The van der Waals surface area contributed by atoms with Crippen molar-refractivity contribution in [3.63, 3.8) is 0 Å². The fourth-order valence-electron chi connectivity index (χ4n) is 2.15. The first-order valence-corrected chi connectivity index (χ1v) is 7.20. The molecule has 108 valence electrons. The predicted molar refractivity (Wildman–Crippen MR) is 82.4 cm³/mol. The minimum atomic E-state index is -0.487. The number of benzene rings is 2. The first-order valence-electron chi connectivity index (χ1n) is 6.40. The maximum absolute atomic E-state index is 13.8. The van der Waals surface area contributed by atoms with Crippen LogP contribution < -0.4 is 15.0 Å². The molecule has 0 radical (unpaired) electrons. The molecule has 1 aliphatic heterocycles. The van der Waals surface area contributed by atoms with Crippen LogP contribution >= 0.6 is 15.9 Å².